The second-order valence-corrected chi connectivity index (χ2v) is 8.69. The molecule has 0 aliphatic rings. The van der Waals surface area contributed by atoms with Gasteiger partial charge in [-0.3, -0.25) is 19.3 Å². The molecule has 1 atom stereocenters. The Labute approximate surface area is 197 Å². The number of carbonyl (C=O) groups excluding carboxylic acids is 3. The van der Waals surface area contributed by atoms with Crippen LogP contribution in [0, 0.1) is 0 Å². The van der Waals surface area contributed by atoms with Gasteiger partial charge >= 0.3 is 0 Å². The van der Waals surface area contributed by atoms with Crippen LogP contribution < -0.4 is 15.0 Å². The monoisotopic (exact) mass is 465 g/mol. The molecule has 0 bridgehead atoms. The van der Waals surface area contributed by atoms with Crippen molar-refractivity contribution < 1.29 is 19.1 Å². The number of hydrogen-bond acceptors (Lipinski definition) is 6. The van der Waals surface area contributed by atoms with E-state index in [-0.39, 0.29) is 5.91 Å². The van der Waals surface area contributed by atoms with Crippen molar-refractivity contribution in [1.29, 1.82) is 0 Å². The predicted octanol–water partition coefficient (Wildman–Crippen LogP) is 4.11. The molecule has 3 aromatic rings. The molecule has 33 heavy (non-hydrogen) atoms. The molecule has 0 radical (unpaired) electrons. The number of rotatable bonds is 9. The molecule has 0 fully saturated rings. The molecule has 7 nitrogen and oxygen atoms in total. The first kappa shape index (κ1) is 24.0. The number of anilines is 1. The number of benzene rings is 2. The van der Waals surface area contributed by atoms with Crippen LogP contribution in [0.2, 0.25) is 0 Å². The zero-order chi connectivity index (χ0) is 24.0. The zero-order valence-electron chi connectivity index (χ0n) is 19.1. The molecule has 3 rings (SSSR count). The van der Waals surface area contributed by atoms with Crippen molar-refractivity contribution >= 4 is 34.6 Å². The van der Waals surface area contributed by atoms with E-state index in [9.17, 15) is 14.4 Å². The summed E-state index contributed by atoms with van der Waals surface area (Å²) < 4.78 is 5.22. The van der Waals surface area contributed by atoms with Gasteiger partial charge in [0, 0.05) is 20.6 Å². The number of nitrogens with one attached hydrogen (secondary N) is 1. The quantitative estimate of drug-likeness (QED) is 0.481. The van der Waals surface area contributed by atoms with Gasteiger partial charge in [-0.25, -0.2) is 0 Å². The molecule has 0 saturated carbocycles. The van der Waals surface area contributed by atoms with E-state index in [2.05, 4.69) is 5.32 Å². The number of ether oxygens (including phenoxy) is 1. The van der Waals surface area contributed by atoms with Crippen LogP contribution in [0.15, 0.2) is 60.7 Å². The number of thiophene rings is 1. The number of nitrogens with zero attached hydrogens (tertiary/aromatic N) is 2. The Kier molecular flexibility index (Phi) is 7.84. The summed E-state index contributed by atoms with van der Waals surface area (Å²) in [6, 6.07) is 17.9. The summed E-state index contributed by atoms with van der Waals surface area (Å²) >= 11 is 1.21. The van der Waals surface area contributed by atoms with Crippen molar-refractivity contribution in [2.24, 2.45) is 0 Å². The van der Waals surface area contributed by atoms with E-state index in [1.165, 1.54) is 11.3 Å². The lowest BCUT2D eigenvalue weighted by atomic mass is 10.1. The highest BCUT2D eigenvalue weighted by Crippen LogP contribution is 2.33. The second kappa shape index (κ2) is 10.8. The SMILES string of the molecule is COc1cccc(CNC(=O)c2cc(C(=O)N(C=O)C(C)c3ccccc3)c(N(C)C)s2)c1. The number of methoxy groups -OCH3 is 1. The third kappa shape index (κ3) is 5.59. The number of imide groups is 1. The van der Waals surface area contributed by atoms with Gasteiger partial charge < -0.3 is 15.0 Å². The Morgan fingerprint density at radius 1 is 1.09 bits per heavy atom. The summed E-state index contributed by atoms with van der Waals surface area (Å²) in [5.41, 5.74) is 2.05. The van der Waals surface area contributed by atoms with Gasteiger partial charge in [0.15, 0.2) is 0 Å². The van der Waals surface area contributed by atoms with E-state index < -0.39 is 11.9 Å². The van der Waals surface area contributed by atoms with E-state index in [4.69, 9.17) is 4.74 Å². The first-order valence-electron chi connectivity index (χ1n) is 10.4. The van der Waals surface area contributed by atoms with Gasteiger partial charge in [0.05, 0.1) is 23.6 Å². The van der Waals surface area contributed by atoms with E-state index in [1.807, 2.05) is 54.6 Å². The molecule has 1 heterocycles. The summed E-state index contributed by atoms with van der Waals surface area (Å²) in [6.45, 7) is 2.12. The molecule has 0 spiro atoms. The Morgan fingerprint density at radius 3 is 2.45 bits per heavy atom. The van der Waals surface area contributed by atoms with Crippen LogP contribution in [0.3, 0.4) is 0 Å². The topological polar surface area (TPSA) is 79.0 Å². The van der Waals surface area contributed by atoms with Crippen LogP contribution in [0.5, 0.6) is 5.75 Å². The van der Waals surface area contributed by atoms with Crippen LogP contribution in [-0.4, -0.2) is 44.3 Å². The number of hydrogen-bond donors (Lipinski definition) is 1. The first-order valence-corrected chi connectivity index (χ1v) is 11.2. The highest BCUT2D eigenvalue weighted by atomic mass is 32.1. The predicted molar refractivity (Wildman–Crippen MR) is 130 cm³/mol. The number of amides is 3. The fourth-order valence-corrected chi connectivity index (χ4v) is 4.37. The van der Waals surface area contributed by atoms with Crippen molar-refractivity contribution in [1.82, 2.24) is 10.2 Å². The summed E-state index contributed by atoms with van der Waals surface area (Å²) in [5.74, 6) is -0.0333. The third-order valence-electron chi connectivity index (χ3n) is 5.21. The molecule has 8 heteroatoms. The molecule has 172 valence electrons. The highest BCUT2D eigenvalue weighted by Gasteiger charge is 2.28. The Morgan fingerprint density at radius 2 is 1.82 bits per heavy atom. The average molecular weight is 466 g/mol. The fourth-order valence-electron chi connectivity index (χ4n) is 3.38. The van der Waals surface area contributed by atoms with Crippen LogP contribution in [0.4, 0.5) is 5.00 Å². The minimum absolute atomic E-state index is 0.293. The van der Waals surface area contributed by atoms with Crippen molar-refractivity contribution in [2.75, 3.05) is 26.1 Å². The maximum atomic E-state index is 13.3. The van der Waals surface area contributed by atoms with Gasteiger partial charge in [-0.15, -0.1) is 11.3 Å². The van der Waals surface area contributed by atoms with Crippen molar-refractivity contribution in [3.8, 4) is 5.75 Å². The van der Waals surface area contributed by atoms with E-state index in [1.54, 1.807) is 39.1 Å². The summed E-state index contributed by atoms with van der Waals surface area (Å²) in [6.07, 6.45) is 0.541. The molecule has 0 aliphatic carbocycles. The lowest BCUT2D eigenvalue weighted by Crippen LogP contribution is -2.33. The summed E-state index contributed by atoms with van der Waals surface area (Å²) in [4.78, 5) is 41.4. The molecule has 1 N–H and O–H groups in total. The Balaban J connectivity index is 1.82. The van der Waals surface area contributed by atoms with Crippen molar-refractivity contribution in [2.45, 2.75) is 19.5 Å². The molecule has 2 aromatic carbocycles. The van der Waals surface area contributed by atoms with Gasteiger partial charge in [-0.05, 0) is 36.2 Å². The zero-order valence-corrected chi connectivity index (χ0v) is 19.9. The maximum Gasteiger partial charge on any atom is 0.263 e. The van der Waals surface area contributed by atoms with Gasteiger partial charge in [-0.1, -0.05) is 42.5 Å². The van der Waals surface area contributed by atoms with Gasteiger partial charge in [-0.2, -0.15) is 0 Å². The minimum atomic E-state index is -0.451. The van der Waals surface area contributed by atoms with Crippen molar-refractivity contribution in [3.05, 3.63) is 82.2 Å². The lowest BCUT2D eigenvalue weighted by molar-refractivity contribution is -0.117. The van der Waals surface area contributed by atoms with Gasteiger partial charge in [0.2, 0.25) is 6.41 Å². The average Bonchev–Trinajstić information content (AvgIpc) is 3.29. The Bertz CT molecular complexity index is 1130. The van der Waals surface area contributed by atoms with Crippen molar-refractivity contribution in [3.63, 3.8) is 0 Å². The standard InChI is InChI=1S/C25H27N3O4S/c1-17(19-10-6-5-7-11-19)28(16-29)24(31)21-14-22(33-25(21)27(2)3)23(30)26-15-18-9-8-12-20(13-18)32-4/h5-14,16-17H,15H2,1-4H3,(H,26,30). The normalized spacial score (nSPS) is 11.4. The van der Waals surface area contributed by atoms with Crippen LogP contribution in [-0.2, 0) is 11.3 Å². The summed E-state index contributed by atoms with van der Waals surface area (Å²) in [5, 5.41) is 3.49. The second-order valence-electron chi connectivity index (χ2n) is 7.66. The molecule has 0 saturated heterocycles. The lowest BCUT2D eigenvalue weighted by Gasteiger charge is -2.24. The van der Waals surface area contributed by atoms with Crippen LogP contribution in [0.25, 0.3) is 0 Å². The molecular formula is C25H27N3O4S. The largest absolute Gasteiger partial charge is 0.497 e. The van der Waals surface area contributed by atoms with Crippen LogP contribution >= 0.6 is 11.3 Å². The van der Waals surface area contributed by atoms with Crippen LogP contribution in [0.1, 0.15) is 44.1 Å². The van der Waals surface area contributed by atoms with Gasteiger partial charge in [0.1, 0.15) is 10.8 Å². The smallest absolute Gasteiger partial charge is 0.263 e. The molecule has 1 aromatic heterocycles. The minimum Gasteiger partial charge on any atom is -0.497 e. The molecule has 3 amide bonds. The van der Waals surface area contributed by atoms with Gasteiger partial charge in [0.25, 0.3) is 11.8 Å². The fraction of sp³-hybridized carbons (Fsp3) is 0.240. The highest BCUT2D eigenvalue weighted by molar-refractivity contribution is 7.18. The third-order valence-corrected chi connectivity index (χ3v) is 6.51. The summed E-state index contributed by atoms with van der Waals surface area (Å²) in [7, 11) is 5.19. The first-order chi connectivity index (χ1) is 15.8. The Hall–Kier alpha value is -3.65. The maximum absolute atomic E-state index is 13.3. The molecule has 1 unspecified atom stereocenters. The van der Waals surface area contributed by atoms with E-state index >= 15 is 0 Å². The molecule has 0 aliphatic heterocycles. The van der Waals surface area contributed by atoms with E-state index in [0.717, 1.165) is 16.0 Å². The van der Waals surface area contributed by atoms with E-state index in [0.29, 0.717) is 34.1 Å². The number of carbonyl (C=O) groups is 3. The molecular weight excluding hydrogens is 438 g/mol.